The number of hydrogen-bond acceptors (Lipinski definition) is 2. The molecule has 0 saturated heterocycles. The van der Waals surface area contributed by atoms with E-state index in [0.717, 1.165) is 30.4 Å². The highest BCUT2D eigenvalue weighted by atomic mass is 16.3. The van der Waals surface area contributed by atoms with Crippen LogP contribution in [0.1, 0.15) is 50.7 Å². The average molecular weight is 286 g/mol. The summed E-state index contributed by atoms with van der Waals surface area (Å²) in [5, 5.41) is 18.7. The largest absolute Gasteiger partial charge is 0.508 e. The van der Waals surface area contributed by atoms with Crippen molar-refractivity contribution >= 4 is 0 Å². The van der Waals surface area contributed by atoms with E-state index in [1.807, 2.05) is 36.4 Å². The Balaban J connectivity index is 0.000000211. The maximum atomic E-state index is 9.41. The van der Waals surface area contributed by atoms with Crippen LogP contribution in [0.5, 0.6) is 11.5 Å². The van der Waals surface area contributed by atoms with E-state index in [0.29, 0.717) is 17.4 Å². The third-order valence-electron chi connectivity index (χ3n) is 3.59. The van der Waals surface area contributed by atoms with Crippen LogP contribution < -0.4 is 0 Å². The third-order valence-corrected chi connectivity index (χ3v) is 3.59. The van der Waals surface area contributed by atoms with Crippen molar-refractivity contribution in [1.82, 2.24) is 0 Å². The molecule has 0 aliphatic rings. The Hall–Kier alpha value is -1.96. The number of para-hydroxylation sites is 2. The van der Waals surface area contributed by atoms with Gasteiger partial charge in [0.2, 0.25) is 0 Å². The van der Waals surface area contributed by atoms with E-state index in [1.54, 1.807) is 12.1 Å². The first-order valence-electron chi connectivity index (χ1n) is 7.64. The second-order valence-electron chi connectivity index (χ2n) is 5.25. The molecule has 0 heterocycles. The van der Waals surface area contributed by atoms with Gasteiger partial charge in [0.1, 0.15) is 11.5 Å². The predicted octanol–water partition coefficient (Wildman–Crippen LogP) is 5.25. The van der Waals surface area contributed by atoms with Crippen LogP contribution in [0, 0.1) is 0 Å². The van der Waals surface area contributed by atoms with Gasteiger partial charge in [0.25, 0.3) is 0 Å². The minimum Gasteiger partial charge on any atom is -0.508 e. The standard InChI is InChI=1S/C10H14O.C9H12O/c1-3-8(2)9-6-4-5-7-10(9)11;1-2-5-8-6-3-4-7-9(8)10/h4-8,11H,3H2,1-2H3;3-4,6-7,10H,2,5H2,1H3. The Morgan fingerprint density at radius 3 is 1.95 bits per heavy atom. The molecule has 0 bridgehead atoms. The van der Waals surface area contributed by atoms with Crippen LogP contribution in [0.2, 0.25) is 0 Å². The van der Waals surface area contributed by atoms with E-state index in [-0.39, 0.29) is 0 Å². The highest BCUT2D eigenvalue weighted by Gasteiger charge is 2.05. The molecule has 0 aliphatic heterocycles. The number of rotatable bonds is 4. The number of aryl methyl sites for hydroxylation is 1. The first-order valence-corrected chi connectivity index (χ1v) is 7.64. The van der Waals surface area contributed by atoms with Crippen molar-refractivity contribution in [3.05, 3.63) is 59.7 Å². The van der Waals surface area contributed by atoms with E-state index >= 15 is 0 Å². The Morgan fingerprint density at radius 1 is 0.857 bits per heavy atom. The smallest absolute Gasteiger partial charge is 0.119 e. The summed E-state index contributed by atoms with van der Waals surface area (Å²) in [6.45, 7) is 6.35. The van der Waals surface area contributed by atoms with Crippen LogP contribution in [0.4, 0.5) is 0 Å². The topological polar surface area (TPSA) is 40.5 Å². The number of aromatic hydroxyl groups is 2. The van der Waals surface area contributed by atoms with Crippen LogP contribution in [0.25, 0.3) is 0 Å². The van der Waals surface area contributed by atoms with E-state index < -0.39 is 0 Å². The van der Waals surface area contributed by atoms with Crippen LogP contribution in [0.15, 0.2) is 48.5 Å². The molecular weight excluding hydrogens is 260 g/mol. The second kappa shape index (κ2) is 9.06. The second-order valence-corrected chi connectivity index (χ2v) is 5.25. The summed E-state index contributed by atoms with van der Waals surface area (Å²) in [5.74, 6) is 1.29. The zero-order valence-electron chi connectivity index (χ0n) is 13.2. The molecule has 2 aromatic rings. The Morgan fingerprint density at radius 2 is 1.43 bits per heavy atom. The minimum absolute atomic E-state index is 0.418. The van der Waals surface area contributed by atoms with E-state index in [4.69, 9.17) is 0 Å². The number of phenols is 2. The maximum absolute atomic E-state index is 9.41. The summed E-state index contributed by atoms with van der Waals surface area (Å²) in [6, 6.07) is 15.0. The lowest BCUT2D eigenvalue weighted by Crippen LogP contribution is -1.90. The minimum atomic E-state index is 0.418. The van der Waals surface area contributed by atoms with Crippen molar-refractivity contribution in [3.8, 4) is 11.5 Å². The lowest BCUT2D eigenvalue weighted by molar-refractivity contribution is 0.462. The van der Waals surface area contributed by atoms with Crippen LogP contribution in [-0.4, -0.2) is 10.2 Å². The molecule has 2 nitrogen and oxygen atoms in total. The Labute approximate surface area is 128 Å². The molecule has 2 aromatic carbocycles. The van der Waals surface area contributed by atoms with Crippen LogP contribution >= 0.6 is 0 Å². The first kappa shape index (κ1) is 17.1. The molecule has 1 atom stereocenters. The van der Waals surface area contributed by atoms with Gasteiger partial charge in [-0.25, -0.2) is 0 Å². The van der Waals surface area contributed by atoms with Gasteiger partial charge in [-0.15, -0.1) is 0 Å². The molecule has 1 unspecified atom stereocenters. The molecule has 0 spiro atoms. The van der Waals surface area contributed by atoms with Gasteiger partial charge in [-0.1, -0.05) is 63.6 Å². The van der Waals surface area contributed by atoms with Gasteiger partial charge in [0, 0.05) is 0 Å². The summed E-state index contributed by atoms with van der Waals surface area (Å²) < 4.78 is 0. The quantitative estimate of drug-likeness (QED) is 0.805. The molecule has 0 saturated carbocycles. The van der Waals surface area contributed by atoms with Crippen LogP contribution in [0.3, 0.4) is 0 Å². The first-order chi connectivity index (χ1) is 10.1. The zero-order chi connectivity index (χ0) is 15.7. The molecule has 0 aromatic heterocycles. The summed E-state index contributed by atoms with van der Waals surface area (Å²) in [7, 11) is 0. The molecule has 2 rings (SSSR count). The molecule has 21 heavy (non-hydrogen) atoms. The molecule has 2 N–H and O–H groups in total. The molecular formula is C19H26O2. The molecule has 0 amide bonds. The number of hydrogen-bond donors (Lipinski definition) is 2. The molecule has 0 radical (unpaired) electrons. The summed E-state index contributed by atoms with van der Waals surface area (Å²) in [6.07, 6.45) is 3.11. The number of phenolic OH excluding ortho intramolecular Hbond substituents is 2. The van der Waals surface area contributed by atoms with Gasteiger partial charge in [-0.2, -0.15) is 0 Å². The van der Waals surface area contributed by atoms with Crippen molar-refractivity contribution < 1.29 is 10.2 Å². The Bertz CT molecular complexity index is 535. The third kappa shape index (κ3) is 5.50. The van der Waals surface area contributed by atoms with E-state index in [9.17, 15) is 10.2 Å². The highest BCUT2D eigenvalue weighted by Crippen LogP contribution is 2.26. The monoisotopic (exact) mass is 286 g/mol. The van der Waals surface area contributed by atoms with E-state index in [2.05, 4.69) is 20.8 Å². The van der Waals surface area contributed by atoms with Crippen molar-refractivity contribution in [2.75, 3.05) is 0 Å². The fourth-order valence-corrected chi connectivity index (χ4v) is 2.12. The van der Waals surface area contributed by atoms with Crippen LogP contribution in [-0.2, 0) is 6.42 Å². The molecule has 0 aliphatic carbocycles. The van der Waals surface area contributed by atoms with Gasteiger partial charge in [0.15, 0.2) is 0 Å². The SMILES string of the molecule is CCC(C)c1ccccc1O.CCCc1ccccc1O. The van der Waals surface area contributed by atoms with Gasteiger partial charge in [0.05, 0.1) is 0 Å². The fraction of sp³-hybridized carbons (Fsp3) is 0.368. The lowest BCUT2D eigenvalue weighted by Gasteiger charge is -2.09. The van der Waals surface area contributed by atoms with Gasteiger partial charge < -0.3 is 10.2 Å². The van der Waals surface area contributed by atoms with Gasteiger partial charge in [-0.05, 0) is 42.0 Å². The lowest BCUT2D eigenvalue weighted by atomic mass is 9.98. The predicted molar refractivity (Wildman–Crippen MR) is 88.9 cm³/mol. The molecule has 114 valence electrons. The van der Waals surface area contributed by atoms with Crippen molar-refractivity contribution in [2.24, 2.45) is 0 Å². The van der Waals surface area contributed by atoms with Crippen molar-refractivity contribution in [3.63, 3.8) is 0 Å². The summed E-state index contributed by atoms with van der Waals surface area (Å²) in [4.78, 5) is 0. The maximum Gasteiger partial charge on any atom is 0.119 e. The van der Waals surface area contributed by atoms with Crippen molar-refractivity contribution in [1.29, 1.82) is 0 Å². The fourth-order valence-electron chi connectivity index (χ4n) is 2.12. The highest BCUT2D eigenvalue weighted by molar-refractivity contribution is 5.34. The number of benzene rings is 2. The normalized spacial score (nSPS) is 11.4. The van der Waals surface area contributed by atoms with Gasteiger partial charge >= 0.3 is 0 Å². The van der Waals surface area contributed by atoms with Crippen molar-refractivity contribution in [2.45, 2.75) is 46.0 Å². The van der Waals surface area contributed by atoms with Gasteiger partial charge in [-0.3, -0.25) is 0 Å². The Kier molecular flexibility index (Phi) is 7.38. The summed E-state index contributed by atoms with van der Waals surface area (Å²) in [5.41, 5.74) is 2.10. The van der Waals surface area contributed by atoms with E-state index in [1.165, 1.54) is 0 Å². The molecule has 0 fully saturated rings. The molecule has 2 heteroatoms. The average Bonchev–Trinajstić information content (AvgIpc) is 2.50. The summed E-state index contributed by atoms with van der Waals surface area (Å²) >= 11 is 0. The zero-order valence-corrected chi connectivity index (χ0v) is 13.2.